The summed E-state index contributed by atoms with van der Waals surface area (Å²) in [6, 6.07) is 7.60. The average Bonchev–Trinajstić information content (AvgIpc) is 2.66. The highest BCUT2D eigenvalue weighted by molar-refractivity contribution is 7.16. The summed E-state index contributed by atoms with van der Waals surface area (Å²) in [6.45, 7) is 7.21. The number of carbonyl (C=O) groups excluding carboxylic acids is 2. The Morgan fingerprint density at radius 1 is 1.05 bits per heavy atom. The van der Waals surface area contributed by atoms with Gasteiger partial charge in [-0.05, 0) is 38.0 Å². The van der Waals surface area contributed by atoms with Crippen LogP contribution in [-0.2, 0) is 4.79 Å². The van der Waals surface area contributed by atoms with Crippen molar-refractivity contribution in [3.8, 4) is 0 Å². The van der Waals surface area contributed by atoms with E-state index < -0.39 is 0 Å². The predicted molar refractivity (Wildman–Crippen MR) is 87.2 cm³/mol. The first kappa shape index (κ1) is 15.3. The molecule has 0 saturated carbocycles. The summed E-state index contributed by atoms with van der Waals surface area (Å²) in [4.78, 5) is 24.9. The molecule has 2 amide bonds. The number of hydrogen-bond donors (Lipinski definition) is 2. The summed E-state index contributed by atoms with van der Waals surface area (Å²) in [5.74, 6) is -0.379. The van der Waals surface area contributed by atoms with Crippen LogP contribution in [0.15, 0.2) is 24.3 Å². The molecule has 1 heterocycles. The molecule has 0 aliphatic carbocycles. The first-order valence-corrected chi connectivity index (χ1v) is 7.46. The second-order valence-corrected chi connectivity index (χ2v) is 6.16. The lowest BCUT2D eigenvalue weighted by atomic mass is 10.1. The topological polar surface area (TPSA) is 58.2 Å². The van der Waals surface area contributed by atoms with Gasteiger partial charge in [0.15, 0.2) is 0 Å². The van der Waals surface area contributed by atoms with Crippen molar-refractivity contribution in [2.75, 3.05) is 10.6 Å². The summed E-state index contributed by atoms with van der Waals surface area (Å²) in [6.07, 6.45) is 0. The lowest BCUT2D eigenvalue weighted by Crippen LogP contribution is -2.16. The Hall–Kier alpha value is -2.14. The van der Waals surface area contributed by atoms with Crippen LogP contribution in [0.5, 0.6) is 0 Å². The molecule has 110 valence electrons. The molecule has 4 nitrogen and oxygen atoms in total. The fourth-order valence-electron chi connectivity index (χ4n) is 2.05. The van der Waals surface area contributed by atoms with Gasteiger partial charge in [0.1, 0.15) is 5.00 Å². The molecule has 0 atom stereocenters. The van der Waals surface area contributed by atoms with E-state index in [-0.39, 0.29) is 11.8 Å². The molecule has 0 radical (unpaired) electrons. The van der Waals surface area contributed by atoms with Crippen molar-refractivity contribution in [1.82, 2.24) is 0 Å². The Labute approximate surface area is 128 Å². The molecule has 21 heavy (non-hydrogen) atoms. The molecule has 0 aliphatic rings. The van der Waals surface area contributed by atoms with E-state index in [1.165, 1.54) is 18.3 Å². The molecule has 5 heteroatoms. The zero-order chi connectivity index (χ0) is 15.6. The first-order valence-electron chi connectivity index (χ1n) is 6.64. The number of nitrogens with one attached hydrogen (secondary N) is 2. The van der Waals surface area contributed by atoms with Crippen molar-refractivity contribution >= 4 is 33.8 Å². The van der Waals surface area contributed by atoms with Gasteiger partial charge in [-0.2, -0.15) is 0 Å². The van der Waals surface area contributed by atoms with Crippen LogP contribution in [-0.4, -0.2) is 11.8 Å². The predicted octanol–water partition coefficient (Wildman–Crippen LogP) is 3.88. The number of para-hydroxylation sites is 1. The van der Waals surface area contributed by atoms with Gasteiger partial charge < -0.3 is 10.6 Å². The maximum atomic E-state index is 12.5. The van der Waals surface area contributed by atoms with E-state index in [4.69, 9.17) is 0 Å². The van der Waals surface area contributed by atoms with Crippen LogP contribution >= 0.6 is 11.3 Å². The number of hydrogen-bond acceptors (Lipinski definition) is 3. The van der Waals surface area contributed by atoms with Gasteiger partial charge in [-0.1, -0.05) is 18.2 Å². The number of rotatable bonds is 3. The normalized spacial score (nSPS) is 10.3. The number of amides is 2. The molecule has 2 aromatic rings. The third-order valence-electron chi connectivity index (χ3n) is 3.30. The van der Waals surface area contributed by atoms with Crippen LogP contribution < -0.4 is 10.6 Å². The Morgan fingerprint density at radius 3 is 2.33 bits per heavy atom. The molecule has 2 N–H and O–H groups in total. The number of aryl methyl sites for hydroxylation is 2. The maximum absolute atomic E-state index is 12.5. The third-order valence-corrected chi connectivity index (χ3v) is 4.42. The number of carbonyl (C=O) groups is 2. The van der Waals surface area contributed by atoms with Crippen LogP contribution in [0.4, 0.5) is 10.7 Å². The standard InChI is InChI=1S/C16H18N2O2S/c1-9-7-5-6-8-13(9)18-15(20)14-10(2)11(3)21-16(14)17-12(4)19/h5-8H,1-4H3,(H,17,19)(H,18,20). The van der Waals surface area contributed by atoms with Crippen LogP contribution in [0.1, 0.15) is 33.3 Å². The molecule has 1 aromatic heterocycles. The van der Waals surface area contributed by atoms with Crippen LogP contribution in [0.25, 0.3) is 0 Å². The minimum absolute atomic E-state index is 0.179. The van der Waals surface area contributed by atoms with Gasteiger partial charge in [-0.3, -0.25) is 9.59 Å². The fraction of sp³-hybridized carbons (Fsp3) is 0.250. The largest absolute Gasteiger partial charge is 0.322 e. The number of thiophene rings is 1. The lowest BCUT2D eigenvalue weighted by molar-refractivity contribution is -0.114. The summed E-state index contributed by atoms with van der Waals surface area (Å²) in [5.41, 5.74) is 3.21. The first-order chi connectivity index (χ1) is 9.90. The Bertz CT molecular complexity index is 704. The molecule has 0 fully saturated rings. The molecule has 1 aromatic carbocycles. The smallest absolute Gasteiger partial charge is 0.258 e. The van der Waals surface area contributed by atoms with Crippen molar-refractivity contribution in [2.24, 2.45) is 0 Å². The van der Waals surface area contributed by atoms with Gasteiger partial charge >= 0.3 is 0 Å². The number of anilines is 2. The Morgan fingerprint density at radius 2 is 1.71 bits per heavy atom. The van der Waals surface area contributed by atoms with E-state index >= 15 is 0 Å². The molecule has 2 rings (SSSR count). The minimum Gasteiger partial charge on any atom is -0.322 e. The van der Waals surface area contributed by atoms with Crippen molar-refractivity contribution in [1.29, 1.82) is 0 Å². The van der Waals surface area contributed by atoms with Gasteiger partial charge in [0.05, 0.1) is 5.56 Å². The lowest BCUT2D eigenvalue weighted by Gasteiger charge is -2.10. The van der Waals surface area contributed by atoms with Crippen LogP contribution in [0.2, 0.25) is 0 Å². The molecule has 0 aliphatic heterocycles. The Kier molecular flexibility index (Phi) is 4.43. The zero-order valence-electron chi connectivity index (χ0n) is 12.5. The van der Waals surface area contributed by atoms with E-state index in [1.54, 1.807) is 0 Å². The van der Waals surface area contributed by atoms with Gasteiger partial charge in [-0.25, -0.2) is 0 Å². The van der Waals surface area contributed by atoms with Gasteiger partial charge in [0.2, 0.25) is 5.91 Å². The molecular weight excluding hydrogens is 284 g/mol. The van der Waals surface area contributed by atoms with E-state index in [0.29, 0.717) is 10.6 Å². The number of benzene rings is 1. The second-order valence-electron chi connectivity index (χ2n) is 4.94. The molecule has 0 unspecified atom stereocenters. The van der Waals surface area contributed by atoms with Crippen molar-refractivity contribution in [2.45, 2.75) is 27.7 Å². The van der Waals surface area contributed by atoms with Crippen LogP contribution in [0.3, 0.4) is 0 Å². The molecular formula is C16H18N2O2S. The third kappa shape index (κ3) is 3.31. The molecule has 0 spiro atoms. The average molecular weight is 302 g/mol. The van der Waals surface area contributed by atoms with E-state index in [0.717, 1.165) is 21.7 Å². The van der Waals surface area contributed by atoms with Crippen molar-refractivity contribution in [3.63, 3.8) is 0 Å². The highest BCUT2D eigenvalue weighted by Gasteiger charge is 2.20. The van der Waals surface area contributed by atoms with Crippen LogP contribution in [0, 0.1) is 20.8 Å². The van der Waals surface area contributed by atoms with E-state index in [2.05, 4.69) is 10.6 Å². The van der Waals surface area contributed by atoms with Gasteiger partial charge in [0.25, 0.3) is 5.91 Å². The van der Waals surface area contributed by atoms with Gasteiger partial charge in [0, 0.05) is 17.5 Å². The Balaban J connectivity index is 2.35. The maximum Gasteiger partial charge on any atom is 0.258 e. The van der Waals surface area contributed by atoms with Gasteiger partial charge in [-0.15, -0.1) is 11.3 Å². The summed E-state index contributed by atoms with van der Waals surface area (Å²) >= 11 is 1.42. The van der Waals surface area contributed by atoms with Crippen molar-refractivity contribution in [3.05, 3.63) is 45.8 Å². The highest BCUT2D eigenvalue weighted by Crippen LogP contribution is 2.33. The zero-order valence-corrected chi connectivity index (χ0v) is 13.4. The second kappa shape index (κ2) is 6.10. The monoisotopic (exact) mass is 302 g/mol. The molecule has 0 saturated heterocycles. The quantitative estimate of drug-likeness (QED) is 0.904. The highest BCUT2D eigenvalue weighted by atomic mass is 32.1. The molecule has 0 bridgehead atoms. The fourth-order valence-corrected chi connectivity index (χ4v) is 3.15. The summed E-state index contributed by atoms with van der Waals surface area (Å²) in [7, 11) is 0. The van der Waals surface area contributed by atoms with Crippen molar-refractivity contribution < 1.29 is 9.59 Å². The van der Waals surface area contributed by atoms with E-state index in [1.807, 2.05) is 45.0 Å². The summed E-state index contributed by atoms with van der Waals surface area (Å²) < 4.78 is 0. The minimum atomic E-state index is -0.199. The van der Waals surface area contributed by atoms with E-state index in [9.17, 15) is 9.59 Å². The SMILES string of the molecule is CC(=O)Nc1sc(C)c(C)c1C(=O)Nc1ccccc1C. The summed E-state index contributed by atoms with van der Waals surface area (Å²) in [5, 5.41) is 6.25.